The molecule has 0 saturated heterocycles. The molecule has 1 amide bonds. The second-order valence-electron chi connectivity index (χ2n) is 4.24. The van der Waals surface area contributed by atoms with Gasteiger partial charge in [0.1, 0.15) is 5.54 Å². The summed E-state index contributed by atoms with van der Waals surface area (Å²) in [5, 5.41) is 6.77. The first-order chi connectivity index (χ1) is 8.37. The van der Waals surface area contributed by atoms with E-state index in [-0.39, 0.29) is 24.8 Å². The number of hydrogen-bond donors (Lipinski definition) is 1. The van der Waals surface area contributed by atoms with Crippen LogP contribution in [0.3, 0.4) is 0 Å². The van der Waals surface area contributed by atoms with Crippen molar-refractivity contribution >= 4 is 27.8 Å². The fourth-order valence-corrected chi connectivity index (χ4v) is 1.59. The van der Waals surface area contributed by atoms with E-state index >= 15 is 0 Å². The molecule has 0 bridgehead atoms. The second kappa shape index (κ2) is 5.99. The highest BCUT2D eigenvalue weighted by molar-refractivity contribution is 9.10. The first-order valence-corrected chi connectivity index (χ1v) is 6.23. The smallest absolute Gasteiger partial charge is 0.307 e. The van der Waals surface area contributed by atoms with Gasteiger partial charge in [0.2, 0.25) is 5.91 Å². The molecule has 1 N–H and O–H groups in total. The van der Waals surface area contributed by atoms with E-state index in [0.29, 0.717) is 0 Å². The number of aromatic nitrogens is 2. The van der Waals surface area contributed by atoms with Gasteiger partial charge in [0, 0.05) is 12.7 Å². The van der Waals surface area contributed by atoms with Crippen LogP contribution in [0, 0.1) is 0 Å². The average molecular weight is 318 g/mol. The van der Waals surface area contributed by atoms with Gasteiger partial charge < -0.3 is 10.1 Å². The largest absolute Gasteiger partial charge is 0.469 e. The molecule has 0 radical (unpaired) electrons. The van der Waals surface area contributed by atoms with Crippen LogP contribution in [0.15, 0.2) is 16.9 Å². The summed E-state index contributed by atoms with van der Waals surface area (Å²) in [4.78, 5) is 22.9. The van der Waals surface area contributed by atoms with Gasteiger partial charge in [-0.15, -0.1) is 0 Å². The molecule has 0 aromatic carbocycles. The highest BCUT2D eigenvalue weighted by atomic mass is 79.9. The number of nitrogens with zero attached hydrogens (tertiary/aromatic N) is 2. The lowest BCUT2D eigenvalue weighted by atomic mass is 10.1. The zero-order chi connectivity index (χ0) is 13.8. The van der Waals surface area contributed by atoms with E-state index < -0.39 is 5.54 Å². The Bertz CT molecular complexity index is 442. The Hall–Kier alpha value is -1.37. The fraction of sp³-hybridized carbons (Fsp3) is 0.545. The number of amides is 1. The van der Waals surface area contributed by atoms with Gasteiger partial charge in [-0.25, -0.2) is 0 Å². The maximum atomic E-state index is 12.0. The van der Waals surface area contributed by atoms with Crippen molar-refractivity contribution in [1.29, 1.82) is 0 Å². The molecule has 0 fully saturated rings. The van der Waals surface area contributed by atoms with E-state index in [1.807, 2.05) is 0 Å². The summed E-state index contributed by atoms with van der Waals surface area (Å²) in [6.07, 6.45) is 3.49. The van der Waals surface area contributed by atoms with E-state index in [1.54, 1.807) is 30.9 Å². The van der Waals surface area contributed by atoms with E-state index in [2.05, 4.69) is 31.1 Å². The molecule has 0 aliphatic rings. The molecule has 100 valence electrons. The van der Waals surface area contributed by atoms with Crippen molar-refractivity contribution in [3.05, 3.63) is 16.9 Å². The highest BCUT2D eigenvalue weighted by Gasteiger charge is 2.30. The molecule has 1 heterocycles. The summed E-state index contributed by atoms with van der Waals surface area (Å²) in [5.41, 5.74) is -0.817. The van der Waals surface area contributed by atoms with Crippen LogP contribution in [-0.2, 0) is 19.9 Å². The van der Waals surface area contributed by atoms with Crippen LogP contribution in [0.1, 0.15) is 20.3 Å². The summed E-state index contributed by atoms with van der Waals surface area (Å²) in [7, 11) is 1.31. The Morgan fingerprint density at radius 3 is 2.72 bits per heavy atom. The zero-order valence-electron chi connectivity index (χ0n) is 10.6. The normalized spacial score (nSPS) is 11.1. The van der Waals surface area contributed by atoms with Gasteiger partial charge in [0.25, 0.3) is 0 Å². The van der Waals surface area contributed by atoms with E-state index in [9.17, 15) is 9.59 Å². The molecule has 1 aromatic rings. The van der Waals surface area contributed by atoms with Crippen LogP contribution >= 0.6 is 15.9 Å². The molecule has 6 nitrogen and oxygen atoms in total. The SMILES string of the molecule is COC(=O)CCNC(=O)C(C)(C)n1cc(Br)cn1. The van der Waals surface area contributed by atoms with E-state index in [1.165, 1.54) is 7.11 Å². The van der Waals surface area contributed by atoms with Crippen LogP contribution in [0.4, 0.5) is 0 Å². The van der Waals surface area contributed by atoms with Gasteiger partial charge in [-0.05, 0) is 29.8 Å². The summed E-state index contributed by atoms with van der Waals surface area (Å²) in [6, 6.07) is 0. The number of nitrogens with one attached hydrogen (secondary N) is 1. The number of esters is 1. The number of carbonyl (C=O) groups is 2. The number of hydrogen-bond acceptors (Lipinski definition) is 4. The molecule has 0 unspecified atom stereocenters. The lowest BCUT2D eigenvalue weighted by Gasteiger charge is -2.24. The third-order valence-corrected chi connectivity index (χ3v) is 2.93. The summed E-state index contributed by atoms with van der Waals surface area (Å²) >= 11 is 3.28. The van der Waals surface area contributed by atoms with Crippen molar-refractivity contribution in [1.82, 2.24) is 15.1 Å². The van der Waals surface area contributed by atoms with Gasteiger partial charge in [0.05, 0.1) is 24.2 Å². The topological polar surface area (TPSA) is 73.2 Å². The van der Waals surface area contributed by atoms with E-state index in [0.717, 1.165) is 4.47 Å². The van der Waals surface area contributed by atoms with Gasteiger partial charge >= 0.3 is 5.97 Å². The van der Waals surface area contributed by atoms with Crippen molar-refractivity contribution in [2.75, 3.05) is 13.7 Å². The second-order valence-corrected chi connectivity index (χ2v) is 5.16. The van der Waals surface area contributed by atoms with Crippen molar-refractivity contribution < 1.29 is 14.3 Å². The number of rotatable bonds is 5. The number of methoxy groups -OCH3 is 1. The molecule has 0 aliphatic heterocycles. The average Bonchev–Trinajstić information content (AvgIpc) is 2.76. The highest BCUT2D eigenvalue weighted by Crippen LogP contribution is 2.17. The van der Waals surface area contributed by atoms with Gasteiger partial charge in [-0.2, -0.15) is 5.10 Å². The molecule has 1 aromatic heterocycles. The molecule has 0 saturated carbocycles. The summed E-state index contributed by atoms with van der Waals surface area (Å²) in [5.74, 6) is -0.558. The molecule has 7 heteroatoms. The Morgan fingerprint density at radius 2 is 2.22 bits per heavy atom. The first kappa shape index (κ1) is 14.7. The van der Waals surface area contributed by atoms with Crippen molar-refractivity contribution in [3.8, 4) is 0 Å². The molecule has 1 rings (SSSR count). The molecular formula is C11H16BrN3O3. The predicted molar refractivity (Wildman–Crippen MR) is 68.9 cm³/mol. The first-order valence-electron chi connectivity index (χ1n) is 5.43. The number of halogens is 1. The standard InChI is InChI=1S/C11H16BrN3O3/c1-11(2,15-7-8(12)6-14-15)10(17)13-5-4-9(16)18-3/h6-7H,4-5H2,1-3H3,(H,13,17). The van der Waals surface area contributed by atoms with Crippen molar-refractivity contribution in [3.63, 3.8) is 0 Å². The van der Waals surface area contributed by atoms with E-state index in [4.69, 9.17) is 0 Å². The van der Waals surface area contributed by atoms with Crippen LogP contribution in [0.5, 0.6) is 0 Å². The van der Waals surface area contributed by atoms with Crippen LogP contribution in [0.25, 0.3) is 0 Å². The van der Waals surface area contributed by atoms with Crippen LogP contribution in [0.2, 0.25) is 0 Å². The van der Waals surface area contributed by atoms with Crippen molar-refractivity contribution in [2.45, 2.75) is 25.8 Å². The lowest BCUT2D eigenvalue weighted by Crippen LogP contribution is -2.45. The quantitative estimate of drug-likeness (QED) is 0.824. The van der Waals surface area contributed by atoms with Gasteiger partial charge in [-0.1, -0.05) is 0 Å². The predicted octanol–water partition coefficient (Wildman–Crippen LogP) is 1.06. The molecule has 0 spiro atoms. The lowest BCUT2D eigenvalue weighted by molar-refractivity contribution is -0.140. The number of ether oxygens (including phenoxy) is 1. The molecule has 0 atom stereocenters. The van der Waals surface area contributed by atoms with Gasteiger partial charge in [0.15, 0.2) is 0 Å². The summed E-state index contributed by atoms with van der Waals surface area (Å²) < 4.78 is 6.86. The third-order valence-electron chi connectivity index (χ3n) is 2.52. The van der Waals surface area contributed by atoms with Crippen LogP contribution in [-0.4, -0.2) is 35.3 Å². The van der Waals surface area contributed by atoms with Crippen molar-refractivity contribution in [2.24, 2.45) is 0 Å². The zero-order valence-corrected chi connectivity index (χ0v) is 12.2. The Kier molecular flexibility index (Phi) is 4.89. The minimum absolute atomic E-state index is 0.154. The Balaban J connectivity index is 2.57. The van der Waals surface area contributed by atoms with Crippen LogP contribution < -0.4 is 5.32 Å². The number of carbonyl (C=O) groups excluding carboxylic acids is 2. The fourth-order valence-electron chi connectivity index (χ4n) is 1.31. The monoisotopic (exact) mass is 317 g/mol. The third kappa shape index (κ3) is 3.56. The van der Waals surface area contributed by atoms with Gasteiger partial charge in [-0.3, -0.25) is 14.3 Å². The Labute approximate surface area is 114 Å². The minimum atomic E-state index is -0.817. The molecule has 18 heavy (non-hydrogen) atoms. The maximum absolute atomic E-state index is 12.0. The molecular weight excluding hydrogens is 302 g/mol. The minimum Gasteiger partial charge on any atom is -0.469 e. The maximum Gasteiger partial charge on any atom is 0.307 e. The molecule has 0 aliphatic carbocycles. The summed E-state index contributed by atoms with van der Waals surface area (Å²) in [6.45, 7) is 3.75. The Morgan fingerprint density at radius 1 is 1.56 bits per heavy atom.